The van der Waals surface area contributed by atoms with E-state index >= 15 is 4.39 Å². The van der Waals surface area contributed by atoms with E-state index in [4.69, 9.17) is 16.3 Å². The van der Waals surface area contributed by atoms with Crippen LogP contribution >= 0.6 is 11.6 Å². The number of aromatic nitrogens is 2. The van der Waals surface area contributed by atoms with Gasteiger partial charge in [-0.15, -0.1) is 0 Å². The van der Waals surface area contributed by atoms with Gasteiger partial charge in [0.25, 0.3) is 5.56 Å². The standard InChI is InChI=1S/C28H31ClFN5O4/c1-17(36)32-25(18-5-7-19(29)8-6-18)4-3-13-31-28(38)23-16-35(26-11-12-27(37)34-33-26)15-22(23)21-10-9-20(39-2)14-24(21)30/h5-12,14,22-23,25H,3-4,13,15-16H2,1-2H3,(H,31,38)(H,32,36)(H,34,37)/t22?,23?,25-/m0/s1. The highest BCUT2D eigenvalue weighted by Crippen LogP contribution is 2.37. The Balaban J connectivity index is 1.45. The molecule has 11 heteroatoms. The van der Waals surface area contributed by atoms with Crippen LogP contribution in [0.3, 0.4) is 0 Å². The number of aromatic amines is 1. The maximum Gasteiger partial charge on any atom is 0.264 e. The number of carbonyl (C=O) groups excluding carboxylic acids is 2. The van der Waals surface area contributed by atoms with E-state index < -0.39 is 17.7 Å². The maximum atomic E-state index is 15.1. The van der Waals surface area contributed by atoms with E-state index in [1.165, 1.54) is 26.2 Å². The molecule has 1 fully saturated rings. The first-order valence-corrected chi connectivity index (χ1v) is 13.1. The molecule has 39 heavy (non-hydrogen) atoms. The number of halogens is 2. The van der Waals surface area contributed by atoms with Gasteiger partial charge in [-0.2, -0.15) is 5.10 Å². The Morgan fingerprint density at radius 2 is 1.95 bits per heavy atom. The summed E-state index contributed by atoms with van der Waals surface area (Å²) < 4.78 is 20.2. The molecule has 0 aliphatic carbocycles. The quantitative estimate of drug-likeness (QED) is 0.329. The third-order valence-corrected chi connectivity index (χ3v) is 7.12. The molecule has 1 saturated heterocycles. The van der Waals surface area contributed by atoms with Gasteiger partial charge in [-0.3, -0.25) is 14.4 Å². The van der Waals surface area contributed by atoms with Crippen molar-refractivity contribution < 1.29 is 18.7 Å². The van der Waals surface area contributed by atoms with Gasteiger partial charge >= 0.3 is 0 Å². The van der Waals surface area contributed by atoms with Crippen LogP contribution in [-0.4, -0.2) is 48.8 Å². The zero-order valence-corrected chi connectivity index (χ0v) is 22.5. The summed E-state index contributed by atoms with van der Waals surface area (Å²) in [4.78, 5) is 38.4. The minimum Gasteiger partial charge on any atom is -0.497 e. The van der Waals surface area contributed by atoms with Gasteiger partial charge in [0.1, 0.15) is 17.4 Å². The number of anilines is 1. The lowest BCUT2D eigenvalue weighted by molar-refractivity contribution is -0.125. The molecule has 3 atom stereocenters. The summed E-state index contributed by atoms with van der Waals surface area (Å²) in [6.07, 6.45) is 1.22. The van der Waals surface area contributed by atoms with Crippen molar-refractivity contribution in [2.75, 3.05) is 31.6 Å². The molecule has 9 nitrogen and oxygen atoms in total. The molecular formula is C28H31ClFN5O4. The molecule has 1 aliphatic rings. The van der Waals surface area contributed by atoms with Crippen molar-refractivity contribution in [1.29, 1.82) is 0 Å². The van der Waals surface area contributed by atoms with Gasteiger partial charge in [0, 0.05) is 49.6 Å². The summed E-state index contributed by atoms with van der Waals surface area (Å²) in [6, 6.07) is 14.6. The molecule has 3 N–H and O–H groups in total. The van der Waals surface area contributed by atoms with Gasteiger partial charge in [0.05, 0.1) is 19.1 Å². The summed E-state index contributed by atoms with van der Waals surface area (Å²) in [5.74, 6) is -0.895. The van der Waals surface area contributed by atoms with Crippen LogP contribution in [0.25, 0.3) is 0 Å². The fourth-order valence-electron chi connectivity index (χ4n) is 4.93. The molecule has 3 aromatic rings. The predicted octanol–water partition coefficient (Wildman–Crippen LogP) is 3.56. The van der Waals surface area contributed by atoms with Crippen molar-refractivity contribution >= 4 is 29.2 Å². The highest BCUT2D eigenvalue weighted by atomic mass is 35.5. The summed E-state index contributed by atoms with van der Waals surface area (Å²) in [6.45, 7) is 2.50. The van der Waals surface area contributed by atoms with Crippen molar-refractivity contribution in [3.8, 4) is 5.75 Å². The summed E-state index contributed by atoms with van der Waals surface area (Å²) in [7, 11) is 1.47. The number of H-pyrrole nitrogens is 1. The molecule has 1 aromatic heterocycles. The van der Waals surface area contributed by atoms with Gasteiger partial charge in [-0.1, -0.05) is 29.8 Å². The highest BCUT2D eigenvalue weighted by molar-refractivity contribution is 6.30. The number of benzene rings is 2. The van der Waals surface area contributed by atoms with Crippen LogP contribution in [0.5, 0.6) is 5.75 Å². The Hall–Kier alpha value is -3.92. The van der Waals surface area contributed by atoms with Crippen LogP contribution in [0, 0.1) is 11.7 Å². The largest absolute Gasteiger partial charge is 0.497 e. The van der Waals surface area contributed by atoms with E-state index in [0.717, 1.165) is 5.56 Å². The molecule has 206 valence electrons. The average molecular weight is 556 g/mol. The van der Waals surface area contributed by atoms with Crippen molar-refractivity contribution in [3.63, 3.8) is 0 Å². The number of amides is 2. The molecule has 0 radical (unpaired) electrons. The number of nitrogens with one attached hydrogen (secondary N) is 3. The van der Waals surface area contributed by atoms with Crippen LogP contribution in [0.4, 0.5) is 10.2 Å². The Labute approximate surface area is 230 Å². The number of methoxy groups -OCH3 is 1. The molecule has 2 heterocycles. The molecule has 0 saturated carbocycles. The fraction of sp³-hybridized carbons (Fsp3) is 0.357. The first-order chi connectivity index (χ1) is 18.7. The topological polar surface area (TPSA) is 116 Å². The Morgan fingerprint density at radius 1 is 1.18 bits per heavy atom. The Morgan fingerprint density at radius 3 is 2.59 bits per heavy atom. The lowest BCUT2D eigenvalue weighted by atomic mass is 9.88. The van der Waals surface area contributed by atoms with Gasteiger partial charge in [-0.05, 0) is 48.2 Å². The summed E-state index contributed by atoms with van der Waals surface area (Å²) in [5, 5.41) is 13.0. The zero-order valence-electron chi connectivity index (χ0n) is 21.7. The van der Waals surface area contributed by atoms with Crippen LogP contribution in [0.2, 0.25) is 5.02 Å². The molecular weight excluding hydrogens is 525 g/mol. The monoisotopic (exact) mass is 555 g/mol. The van der Waals surface area contributed by atoms with Crippen molar-refractivity contribution in [1.82, 2.24) is 20.8 Å². The van der Waals surface area contributed by atoms with E-state index in [9.17, 15) is 14.4 Å². The van der Waals surface area contributed by atoms with E-state index in [2.05, 4.69) is 20.8 Å². The van der Waals surface area contributed by atoms with Gasteiger partial charge < -0.3 is 20.3 Å². The number of ether oxygens (including phenoxy) is 1. The maximum absolute atomic E-state index is 15.1. The minimum absolute atomic E-state index is 0.148. The number of nitrogens with zero attached hydrogens (tertiary/aromatic N) is 2. The first kappa shape index (κ1) is 28.1. The van der Waals surface area contributed by atoms with Gasteiger partial charge in [-0.25, -0.2) is 9.49 Å². The second-order valence-corrected chi connectivity index (χ2v) is 9.96. The third kappa shape index (κ3) is 7.14. The van der Waals surface area contributed by atoms with Crippen molar-refractivity contribution in [2.45, 2.75) is 31.7 Å². The van der Waals surface area contributed by atoms with Crippen molar-refractivity contribution in [2.24, 2.45) is 5.92 Å². The van der Waals surface area contributed by atoms with E-state index in [1.807, 2.05) is 17.0 Å². The number of hydrogen-bond acceptors (Lipinski definition) is 6. The second-order valence-electron chi connectivity index (χ2n) is 9.52. The van der Waals surface area contributed by atoms with E-state index in [1.54, 1.807) is 30.3 Å². The smallest absolute Gasteiger partial charge is 0.264 e. The summed E-state index contributed by atoms with van der Waals surface area (Å²) in [5.41, 5.74) is 1.01. The Kier molecular flexibility index (Phi) is 9.19. The summed E-state index contributed by atoms with van der Waals surface area (Å²) >= 11 is 6.00. The average Bonchev–Trinajstić information content (AvgIpc) is 3.36. The fourth-order valence-corrected chi connectivity index (χ4v) is 5.06. The molecule has 4 rings (SSSR count). The Bertz CT molecular complexity index is 1350. The molecule has 0 bridgehead atoms. The van der Waals surface area contributed by atoms with Crippen LogP contribution in [0.1, 0.15) is 42.9 Å². The number of hydrogen-bond donors (Lipinski definition) is 3. The molecule has 2 amide bonds. The van der Waals surface area contributed by atoms with Crippen LogP contribution in [-0.2, 0) is 9.59 Å². The highest BCUT2D eigenvalue weighted by Gasteiger charge is 2.40. The lowest BCUT2D eigenvalue weighted by Gasteiger charge is -2.20. The molecule has 0 spiro atoms. The number of rotatable bonds is 10. The van der Waals surface area contributed by atoms with E-state index in [0.29, 0.717) is 54.6 Å². The SMILES string of the molecule is COc1ccc(C2CN(c3ccc(=O)[nH]n3)CC2C(=O)NCCC[C@H](NC(C)=O)c2ccc(Cl)cc2)c(F)c1. The lowest BCUT2D eigenvalue weighted by Crippen LogP contribution is -2.36. The van der Waals surface area contributed by atoms with Crippen molar-refractivity contribution in [3.05, 3.63) is 86.9 Å². The molecule has 2 aromatic carbocycles. The minimum atomic E-state index is -0.552. The second kappa shape index (κ2) is 12.8. The van der Waals surface area contributed by atoms with Crippen LogP contribution in [0.15, 0.2) is 59.4 Å². The zero-order chi connectivity index (χ0) is 27.9. The third-order valence-electron chi connectivity index (χ3n) is 6.87. The predicted molar refractivity (Wildman–Crippen MR) is 147 cm³/mol. The normalized spacial score (nSPS) is 17.5. The van der Waals surface area contributed by atoms with Gasteiger partial charge in [0.15, 0.2) is 0 Å². The number of carbonyl (C=O) groups is 2. The molecule has 1 aliphatic heterocycles. The van der Waals surface area contributed by atoms with E-state index in [-0.39, 0.29) is 23.4 Å². The van der Waals surface area contributed by atoms with Gasteiger partial charge in [0.2, 0.25) is 11.8 Å². The molecule has 2 unspecified atom stereocenters. The van der Waals surface area contributed by atoms with Crippen LogP contribution < -0.4 is 25.8 Å². The first-order valence-electron chi connectivity index (χ1n) is 12.7.